The molecule has 1 amide bonds. The highest BCUT2D eigenvalue weighted by atomic mass is 79.9. The van der Waals surface area contributed by atoms with Crippen molar-refractivity contribution in [1.82, 2.24) is 9.97 Å². The standard InChI is InChI=1S/C12H11BrN4O2/c13-12-11(16-9(4-14)17-12)6-1-2-8-7(3-6)15-10(18)5-19-8/h1-3H,4-5,14H2,(H,15,18)(H,16,17). The van der Waals surface area contributed by atoms with Crippen molar-refractivity contribution in [3.05, 3.63) is 28.6 Å². The zero-order valence-corrected chi connectivity index (χ0v) is 11.5. The summed E-state index contributed by atoms with van der Waals surface area (Å²) in [6, 6.07) is 5.53. The molecular formula is C12H11BrN4O2. The van der Waals surface area contributed by atoms with Gasteiger partial charge in [0.2, 0.25) is 0 Å². The van der Waals surface area contributed by atoms with Gasteiger partial charge >= 0.3 is 0 Å². The number of nitrogens with zero attached hydrogens (tertiary/aromatic N) is 1. The lowest BCUT2D eigenvalue weighted by molar-refractivity contribution is -0.118. The lowest BCUT2D eigenvalue weighted by Crippen LogP contribution is -2.25. The lowest BCUT2D eigenvalue weighted by Gasteiger charge is -2.18. The van der Waals surface area contributed by atoms with E-state index in [1.165, 1.54) is 0 Å². The smallest absolute Gasteiger partial charge is 0.262 e. The minimum Gasteiger partial charge on any atom is -0.482 e. The van der Waals surface area contributed by atoms with Crippen LogP contribution >= 0.6 is 15.9 Å². The zero-order valence-electron chi connectivity index (χ0n) is 9.87. The molecule has 0 atom stereocenters. The fourth-order valence-corrected chi connectivity index (χ4v) is 2.46. The molecule has 3 rings (SSSR count). The first-order valence-corrected chi connectivity index (χ1v) is 6.48. The number of H-pyrrole nitrogens is 1. The summed E-state index contributed by atoms with van der Waals surface area (Å²) in [6.45, 7) is 0.388. The van der Waals surface area contributed by atoms with Crippen LogP contribution in [0.15, 0.2) is 22.8 Å². The van der Waals surface area contributed by atoms with Gasteiger partial charge < -0.3 is 20.8 Å². The van der Waals surface area contributed by atoms with Crippen LogP contribution in [-0.2, 0) is 11.3 Å². The number of rotatable bonds is 2. The minimum absolute atomic E-state index is 0.0514. The van der Waals surface area contributed by atoms with Crippen LogP contribution in [0.5, 0.6) is 5.75 Å². The van der Waals surface area contributed by atoms with Crippen molar-refractivity contribution < 1.29 is 9.53 Å². The van der Waals surface area contributed by atoms with Gasteiger partial charge in [-0.2, -0.15) is 0 Å². The molecule has 0 bridgehead atoms. The predicted molar refractivity (Wildman–Crippen MR) is 73.7 cm³/mol. The van der Waals surface area contributed by atoms with Gasteiger partial charge in [-0.1, -0.05) is 0 Å². The van der Waals surface area contributed by atoms with E-state index in [9.17, 15) is 4.79 Å². The molecule has 1 aliphatic heterocycles. The summed E-state index contributed by atoms with van der Waals surface area (Å²) >= 11 is 3.41. The number of imidazole rings is 1. The molecule has 2 heterocycles. The lowest BCUT2D eigenvalue weighted by atomic mass is 10.1. The third-order valence-electron chi connectivity index (χ3n) is 2.79. The molecule has 98 valence electrons. The molecule has 0 saturated heterocycles. The molecule has 0 fully saturated rings. The summed E-state index contributed by atoms with van der Waals surface area (Å²) in [5.41, 5.74) is 7.82. The maximum Gasteiger partial charge on any atom is 0.262 e. The van der Waals surface area contributed by atoms with E-state index in [1.807, 2.05) is 18.2 Å². The van der Waals surface area contributed by atoms with Gasteiger partial charge in [-0.3, -0.25) is 4.79 Å². The Kier molecular flexibility index (Phi) is 3.00. The van der Waals surface area contributed by atoms with E-state index in [0.29, 0.717) is 23.8 Å². The number of benzene rings is 1. The number of hydrogen-bond donors (Lipinski definition) is 3. The fraction of sp³-hybridized carbons (Fsp3) is 0.167. The van der Waals surface area contributed by atoms with Gasteiger partial charge in [-0.15, -0.1) is 0 Å². The zero-order chi connectivity index (χ0) is 13.4. The maximum atomic E-state index is 11.3. The molecule has 1 aromatic heterocycles. The van der Waals surface area contributed by atoms with Gasteiger partial charge in [0.15, 0.2) is 6.61 Å². The van der Waals surface area contributed by atoms with Gasteiger partial charge in [-0.25, -0.2) is 4.98 Å². The van der Waals surface area contributed by atoms with E-state index in [1.54, 1.807) is 0 Å². The number of aromatic amines is 1. The van der Waals surface area contributed by atoms with Crippen LogP contribution < -0.4 is 15.8 Å². The molecule has 7 heteroatoms. The summed E-state index contributed by atoms with van der Waals surface area (Å²) in [5, 5.41) is 2.77. The fourth-order valence-electron chi connectivity index (χ4n) is 1.92. The van der Waals surface area contributed by atoms with E-state index in [2.05, 4.69) is 31.2 Å². The van der Waals surface area contributed by atoms with Crippen molar-refractivity contribution in [1.29, 1.82) is 0 Å². The second-order valence-electron chi connectivity index (χ2n) is 4.10. The van der Waals surface area contributed by atoms with Crippen molar-refractivity contribution in [2.75, 3.05) is 11.9 Å². The number of halogens is 1. The van der Waals surface area contributed by atoms with Crippen LogP contribution in [0, 0.1) is 0 Å². The third kappa shape index (κ3) is 2.22. The first kappa shape index (κ1) is 12.2. The number of carbonyl (C=O) groups is 1. The second kappa shape index (κ2) is 4.67. The van der Waals surface area contributed by atoms with Crippen LogP contribution in [0.4, 0.5) is 5.69 Å². The maximum absolute atomic E-state index is 11.3. The van der Waals surface area contributed by atoms with E-state index in [0.717, 1.165) is 15.9 Å². The van der Waals surface area contributed by atoms with E-state index < -0.39 is 0 Å². The monoisotopic (exact) mass is 322 g/mol. The Hall–Kier alpha value is -1.86. The largest absolute Gasteiger partial charge is 0.482 e. The molecule has 19 heavy (non-hydrogen) atoms. The van der Waals surface area contributed by atoms with E-state index >= 15 is 0 Å². The van der Waals surface area contributed by atoms with Crippen LogP contribution in [0.2, 0.25) is 0 Å². The number of hydrogen-bond acceptors (Lipinski definition) is 4. The normalized spacial score (nSPS) is 13.7. The van der Waals surface area contributed by atoms with Gasteiger partial charge in [0.1, 0.15) is 21.9 Å². The van der Waals surface area contributed by atoms with Gasteiger partial charge in [0, 0.05) is 5.56 Å². The number of anilines is 1. The Morgan fingerprint density at radius 2 is 2.32 bits per heavy atom. The van der Waals surface area contributed by atoms with E-state index in [-0.39, 0.29) is 12.5 Å². The van der Waals surface area contributed by atoms with Crippen molar-refractivity contribution in [3.63, 3.8) is 0 Å². The first-order chi connectivity index (χ1) is 9.17. The number of nitrogens with two attached hydrogens (primary N) is 1. The minimum atomic E-state index is -0.159. The highest BCUT2D eigenvalue weighted by Crippen LogP contribution is 2.34. The Balaban J connectivity index is 2.03. The molecule has 1 aromatic carbocycles. The Morgan fingerprint density at radius 1 is 1.47 bits per heavy atom. The molecule has 0 spiro atoms. The van der Waals surface area contributed by atoms with E-state index in [4.69, 9.17) is 10.5 Å². The number of carbonyl (C=O) groups excluding carboxylic acids is 1. The summed E-state index contributed by atoms with van der Waals surface area (Å²) in [6.07, 6.45) is 0. The van der Waals surface area contributed by atoms with Crippen molar-refractivity contribution in [2.24, 2.45) is 5.73 Å². The molecule has 0 saturated carbocycles. The topological polar surface area (TPSA) is 93.0 Å². The molecule has 6 nitrogen and oxygen atoms in total. The highest BCUT2D eigenvalue weighted by molar-refractivity contribution is 9.10. The summed E-state index contributed by atoms with van der Waals surface area (Å²) in [4.78, 5) is 18.7. The second-order valence-corrected chi connectivity index (χ2v) is 4.89. The Bertz CT molecular complexity index is 653. The van der Waals surface area contributed by atoms with Crippen molar-refractivity contribution >= 4 is 27.5 Å². The van der Waals surface area contributed by atoms with Crippen molar-refractivity contribution in [2.45, 2.75) is 6.54 Å². The average Bonchev–Trinajstić information content (AvgIpc) is 2.79. The average molecular weight is 323 g/mol. The molecule has 0 unspecified atom stereocenters. The Labute approximate surface area is 117 Å². The number of amides is 1. The molecule has 2 aromatic rings. The molecular weight excluding hydrogens is 312 g/mol. The van der Waals surface area contributed by atoms with Gasteiger partial charge in [0.05, 0.1) is 12.2 Å². The molecule has 0 radical (unpaired) electrons. The summed E-state index contributed by atoms with van der Waals surface area (Å²) in [7, 11) is 0. The van der Waals surface area contributed by atoms with Crippen LogP contribution in [0.3, 0.4) is 0 Å². The SMILES string of the molecule is NCc1nc(-c2ccc3c(c2)NC(=O)CO3)c(Br)[nH]1. The number of aromatic nitrogens is 2. The quantitative estimate of drug-likeness (QED) is 0.783. The summed E-state index contributed by atoms with van der Waals surface area (Å²) in [5.74, 6) is 1.20. The Morgan fingerprint density at radius 3 is 3.05 bits per heavy atom. The number of ether oxygens (including phenoxy) is 1. The van der Waals surface area contributed by atoms with Crippen molar-refractivity contribution in [3.8, 4) is 17.0 Å². The number of fused-ring (bicyclic) bond motifs is 1. The molecule has 1 aliphatic rings. The van der Waals surface area contributed by atoms with Gasteiger partial charge in [0.25, 0.3) is 5.91 Å². The number of nitrogens with one attached hydrogen (secondary N) is 2. The predicted octanol–water partition coefficient (Wildman–Crippen LogP) is 1.63. The first-order valence-electron chi connectivity index (χ1n) is 5.69. The van der Waals surface area contributed by atoms with Gasteiger partial charge in [-0.05, 0) is 34.1 Å². The van der Waals surface area contributed by atoms with Crippen LogP contribution in [-0.4, -0.2) is 22.5 Å². The third-order valence-corrected chi connectivity index (χ3v) is 3.36. The van der Waals surface area contributed by atoms with Crippen LogP contribution in [0.25, 0.3) is 11.3 Å². The van der Waals surface area contributed by atoms with Crippen LogP contribution in [0.1, 0.15) is 5.82 Å². The summed E-state index contributed by atoms with van der Waals surface area (Å²) < 4.78 is 6.07. The highest BCUT2D eigenvalue weighted by Gasteiger charge is 2.18. The molecule has 0 aliphatic carbocycles. The molecule has 4 N–H and O–H groups in total.